The monoisotopic (exact) mass is 499 g/mol. The highest BCUT2D eigenvalue weighted by Gasteiger charge is 2.27. The third-order valence-corrected chi connectivity index (χ3v) is 5.73. The van der Waals surface area contributed by atoms with Gasteiger partial charge in [-0.05, 0) is 50.4 Å². The largest absolute Gasteiger partial charge is 0.352 e. The summed E-state index contributed by atoms with van der Waals surface area (Å²) in [6.45, 7) is 2.55. The van der Waals surface area contributed by atoms with Crippen LogP contribution in [0, 0.1) is 17.1 Å². The number of likely N-dealkylation sites (tertiary alicyclic amines) is 1. The number of benzene rings is 1. The Kier molecular flexibility index (Phi) is 9.45. The number of nitrogens with zero attached hydrogens (tertiary/aromatic N) is 3. The number of hydrogen-bond donors (Lipinski definition) is 2. The van der Waals surface area contributed by atoms with Crippen molar-refractivity contribution >= 4 is 29.9 Å². The molecule has 0 radical (unpaired) electrons. The van der Waals surface area contributed by atoms with Crippen LogP contribution in [0.25, 0.3) is 0 Å². The van der Waals surface area contributed by atoms with Gasteiger partial charge in [-0.2, -0.15) is 5.26 Å². The van der Waals surface area contributed by atoms with Gasteiger partial charge >= 0.3 is 0 Å². The Morgan fingerprint density at radius 1 is 1.25 bits per heavy atom. The Morgan fingerprint density at radius 2 is 2.04 bits per heavy atom. The summed E-state index contributed by atoms with van der Waals surface area (Å²) in [5.41, 5.74) is 0.941. The molecule has 0 amide bonds. The minimum Gasteiger partial charge on any atom is -0.352 e. The number of nitrogens with one attached hydrogen (secondary N) is 2. The lowest BCUT2D eigenvalue weighted by molar-refractivity contribution is 0.115. The lowest BCUT2D eigenvalue weighted by Gasteiger charge is -2.40. The smallest absolute Gasteiger partial charge is 0.191 e. The van der Waals surface area contributed by atoms with E-state index >= 15 is 0 Å². The molecular formula is C21H31FIN5. The Balaban J connectivity index is 0.00000280. The summed E-state index contributed by atoms with van der Waals surface area (Å²) in [5, 5.41) is 15.7. The van der Waals surface area contributed by atoms with Gasteiger partial charge in [-0.3, -0.25) is 9.89 Å². The molecule has 0 aromatic heterocycles. The molecule has 1 aromatic carbocycles. The Hall–Kier alpha value is -1.40. The van der Waals surface area contributed by atoms with Gasteiger partial charge in [0.15, 0.2) is 5.96 Å². The van der Waals surface area contributed by atoms with Crippen molar-refractivity contribution in [2.24, 2.45) is 4.99 Å². The SMILES string of the molecule is CN=C(NCc1cc(C#N)ccc1F)NC1CCCN(C2CCCCC2)C1.I. The van der Waals surface area contributed by atoms with Crippen LogP contribution in [0.4, 0.5) is 4.39 Å². The van der Waals surface area contributed by atoms with Crippen LogP contribution < -0.4 is 10.6 Å². The van der Waals surface area contributed by atoms with Crippen molar-refractivity contribution in [2.75, 3.05) is 20.1 Å². The van der Waals surface area contributed by atoms with E-state index in [9.17, 15) is 4.39 Å². The normalized spacial score (nSPS) is 21.5. The van der Waals surface area contributed by atoms with Crippen LogP contribution >= 0.6 is 24.0 Å². The topological polar surface area (TPSA) is 63.5 Å². The minimum absolute atomic E-state index is 0. The molecule has 1 aromatic rings. The second-order valence-electron chi connectivity index (χ2n) is 7.61. The van der Waals surface area contributed by atoms with E-state index in [1.165, 1.54) is 57.2 Å². The summed E-state index contributed by atoms with van der Waals surface area (Å²) in [7, 11) is 1.74. The van der Waals surface area contributed by atoms with E-state index in [-0.39, 0.29) is 29.8 Å². The van der Waals surface area contributed by atoms with E-state index in [4.69, 9.17) is 5.26 Å². The molecule has 2 aliphatic rings. The molecule has 5 nitrogen and oxygen atoms in total. The molecule has 1 atom stereocenters. The first-order valence-corrected chi connectivity index (χ1v) is 10.1. The molecule has 154 valence electrons. The fraction of sp³-hybridized carbons (Fsp3) is 0.619. The van der Waals surface area contributed by atoms with Crippen molar-refractivity contribution in [1.82, 2.24) is 15.5 Å². The molecule has 7 heteroatoms. The number of guanidine groups is 1. The van der Waals surface area contributed by atoms with E-state index < -0.39 is 0 Å². The van der Waals surface area contributed by atoms with Crippen molar-refractivity contribution in [2.45, 2.75) is 63.6 Å². The van der Waals surface area contributed by atoms with Crippen LogP contribution in [0.2, 0.25) is 0 Å². The average Bonchev–Trinajstić information content (AvgIpc) is 2.73. The summed E-state index contributed by atoms with van der Waals surface area (Å²) < 4.78 is 14.0. The maximum absolute atomic E-state index is 14.0. The quantitative estimate of drug-likeness (QED) is 0.376. The molecule has 1 heterocycles. The van der Waals surface area contributed by atoms with E-state index in [1.54, 1.807) is 13.1 Å². The highest BCUT2D eigenvalue weighted by molar-refractivity contribution is 14.0. The van der Waals surface area contributed by atoms with Gasteiger partial charge in [0.1, 0.15) is 5.82 Å². The van der Waals surface area contributed by atoms with E-state index in [0.29, 0.717) is 29.7 Å². The molecule has 3 rings (SSSR count). The summed E-state index contributed by atoms with van der Waals surface area (Å²) in [4.78, 5) is 6.94. The molecule has 1 aliphatic heterocycles. The Morgan fingerprint density at radius 3 is 2.75 bits per heavy atom. The highest BCUT2D eigenvalue weighted by Crippen LogP contribution is 2.25. The Labute approximate surface area is 184 Å². The lowest BCUT2D eigenvalue weighted by Crippen LogP contribution is -2.53. The van der Waals surface area contributed by atoms with Gasteiger partial charge in [0, 0.05) is 37.8 Å². The number of piperidine rings is 1. The molecule has 1 saturated carbocycles. The van der Waals surface area contributed by atoms with Crippen molar-refractivity contribution in [3.8, 4) is 6.07 Å². The van der Waals surface area contributed by atoms with Crippen LogP contribution in [-0.4, -0.2) is 43.1 Å². The van der Waals surface area contributed by atoms with Crippen LogP contribution in [0.3, 0.4) is 0 Å². The molecule has 1 unspecified atom stereocenters. The van der Waals surface area contributed by atoms with Crippen LogP contribution in [0.15, 0.2) is 23.2 Å². The molecule has 0 spiro atoms. The number of nitriles is 1. The lowest BCUT2D eigenvalue weighted by atomic mass is 9.92. The summed E-state index contributed by atoms with van der Waals surface area (Å²) in [6.07, 6.45) is 9.08. The predicted molar refractivity (Wildman–Crippen MR) is 121 cm³/mol. The summed E-state index contributed by atoms with van der Waals surface area (Å²) in [5.74, 6) is 0.380. The van der Waals surface area contributed by atoms with Gasteiger partial charge in [-0.25, -0.2) is 4.39 Å². The maximum atomic E-state index is 14.0. The molecule has 2 N–H and O–H groups in total. The zero-order valence-corrected chi connectivity index (χ0v) is 18.9. The number of halogens is 2. The first-order valence-electron chi connectivity index (χ1n) is 10.1. The first-order chi connectivity index (χ1) is 13.2. The molecule has 0 bridgehead atoms. The van der Waals surface area contributed by atoms with Crippen molar-refractivity contribution < 1.29 is 4.39 Å². The zero-order valence-electron chi connectivity index (χ0n) is 16.6. The molecule has 1 saturated heterocycles. The average molecular weight is 499 g/mol. The fourth-order valence-corrected chi connectivity index (χ4v) is 4.25. The van der Waals surface area contributed by atoms with E-state index in [0.717, 1.165) is 19.0 Å². The standard InChI is InChI=1S/C21H30FN5.HI/c1-24-21(25-14-17-12-16(13-23)9-10-20(17)22)26-18-6-5-11-27(15-18)19-7-3-2-4-8-19;/h9-10,12,18-19H,2-8,11,14-15H2,1H3,(H2,24,25,26);1H. The number of hydrogen-bond acceptors (Lipinski definition) is 3. The van der Waals surface area contributed by atoms with E-state index in [1.807, 2.05) is 0 Å². The van der Waals surface area contributed by atoms with Crippen molar-refractivity contribution in [3.63, 3.8) is 0 Å². The third kappa shape index (κ3) is 6.31. The molecular weight excluding hydrogens is 468 g/mol. The Bertz CT molecular complexity index is 697. The van der Waals surface area contributed by atoms with Crippen molar-refractivity contribution in [1.29, 1.82) is 5.26 Å². The van der Waals surface area contributed by atoms with Crippen molar-refractivity contribution in [3.05, 3.63) is 35.1 Å². The first kappa shape index (κ1) is 22.9. The minimum atomic E-state index is -0.307. The van der Waals surface area contributed by atoms with Gasteiger partial charge in [-0.15, -0.1) is 24.0 Å². The number of aliphatic imine (C=N–C) groups is 1. The van der Waals surface area contributed by atoms with Gasteiger partial charge in [-0.1, -0.05) is 19.3 Å². The molecule has 28 heavy (non-hydrogen) atoms. The fourth-order valence-electron chi connectivity index (χ4n) is 4.25. The second-order valence-corrected chi connectivity index (χ2v) is 7.61. The highest BCUT2D eigenvalue weighted by atomic mass is 127. The van der Waals surface area contributed by atoms with Gasteiger partial charge in [0.2, 0.25) is 0 Å². The summed E-state index contributed by atoms with van der Waals surface area (Å²) >= 11 is 0. The third-order valence-electron chi connectivity index (χ3n) is 5.73. The predicted octanol–water partition coefficient (Wildman–Crippen LogP) is 3.78. The summed E-state index contributed by atoms with van der Waals surface area (Å²) in [6, 6.07) is 7.57. The van der Waals surface area contributed by atoms with Gasteiger partial charge in [0.25, 0.3) is 0 Å². The van der Waals surface area contributed by atoms with Gasteiger partial charge < -0.3 is 10.6 Å². The maximum Gasteiger partial charge on any atom is 0.191 e. The van der Waals surface area contributed by atoms with Gasteiger partial charge in [0.05, 0.1) is 11.6 Å². The van der Waals surface area contributed by atoms with Crippen LogP contribution in [0.5, 0.6) is 0 Å². The van der Waals surface area contributed by atoms with Crippen LogP contribution in [-0.2, 0) is 6.54 Å². The van der Waals surface area contributed by atoms with E-state index in [2.05, 4.69) is 26.6 Å². The molecule has 1 aliphatic carbocycles. The van der Waals surface area contributed by atoms with Crippen LogP contribution in [0.1, 0.15) is 56.1 Å². The zero-order chi connectivity index (χ0) is 19.1. The number of rotatable bonds is 4. The molecule has 2 fully saturated rings. The second kappa shape index (κ2) is 11.6.